The smallest absolute Gasteiger partial charge is 0.251 e. The van der Waals surface area contributed by atoms with Crippen molar-refractivity contribution in [3.63, 3.8) is 0 Å². The summed E-state index contributed by atoms with van der Waals surface area (Å²) >= 11 is 6.07. The van der Waals surface area contributed by atoms with Crippen molar-refractivity contribution in [2.24, 2.45) is 0 Å². The Labute approximate surface area is 180 Å². The van der Waals surface area contributed by atoms with Crippen molar-refractivity contribution in [1.82, 2.24) is 25.5 Å². The molecule has 0 saturated carbocycles. The van der Waals surface area contributed by atoms with E-state index in [-0.39, 0.29) is 24.5 Å². The number of tetrazole rings is 1. The number of nitrogens with zero attached hydrogens (tertiary/aromatic N) is 5. The van der Waals surface area contributed by atoms with Gasteiger partial charge in [0.1, 0.15) is 12.6 Å². The number of benzene rings is 2. The molecule has 2 atom stereocenters. The monoisotopic (exact) mass is 422 g/mol. The number of hydrogen-bond donors (Lipinski definition) is 1. The van der Waals surface area contributed by atoms with E-state index in [0.29, 0.717) is 11.0 Å². The normalized spacial score (nSPS) is 16.6. The van der Waals surface area contributed by atoms with Gasteiger partial charge in [0.05, 0.1) is 5.70 Å². The molecule has 7 nitrogen and oxygen atoms in total. The average Bonchev–Trinajstić information content (AvgIpc) is 3.25. The highest BCUT2D eigenvalue weighted by atomic mass is 35.5. The van der Waals surface area contributed by atoms with Gasteiger partial charge in [0, 0.05) is 11.1 Å². The van der Waals surface area contributed by atoms with E-state index in [1.807, 2.05) is 73.3 Å². The number of carbonyl (C=O) groups excluding carboxylic acids is 1. The van der Waals surface area contributed by atoms with Crippen molar-refractivity contribution in [3.05, 3.63) is 76.8 Å². The Hall–Kier alpha value is -3.19. The molecule has 1 amide bonds. The highest BCUT2D eigenvalue weighted by Gasteiger charge is 2.32. The number of allylic oxidation sites excluding steroid dienone is 1. The average molecular weight is 423 g/mol. The summed E-state index contributed by atoms with van der Waals surface area (Å²) < 4.78 is 1.73. The number of fused-ring (bicyclic) bond motifs is 1. The van der Waals surface area contributed by atoms with Crippen molar-refractivity contribution in [2.75, 3.05) is 11.4 Å². The van der Waals surface area contributed by atoms with Gasteiger partial charge in [-0.05, 0) is 53.1 Å². The summed E-state index contributed by atoms with van der Waals surface area (Å²) in [7, 11) is 0. The molecular weight excluding hydrogens is 400 g/mol. The predicted octanol–water partition coefficient (Wildman–Crippen LogP) is 3.69. The third-order valence-electron chi connectivity index (χ3n) is 5.19. The van der Waals surface area contributed by atoms with Crippen LogP contribution in [0.2, 0.25) is 5.02 Å². The molecule has 0 saturated heterocycles. The van der Waals surface area contributed by atoms with Gasteiger partial charge in [-0.25, -0.2) is 0 Å². The first kappa shape index (κ1) is 20.1. The van der Waals surface area contributed by atoms with Crippen molar-refractivity contribution in [3.8, 4) is 0 Å². The van der Waals surface area contributed by atoms with Crippen LogP contribution in [0.25, 0.3) is 5.70 Å². The molecule has 8 heteroatoms. The lowest BCUT2D eigenvalue weighted by atomic mass is 10.0. The van der Waals surface area contributed by atoms with Crippen LogP contribution in [0.5, 0.6) is 0 Å². The molecule has 0 bridgehead atoms. The first-order valence-corrected chi connectivity index (χ1v) is 10.3. The van der Waals surface area contributed by atoms with E-state index >= 15 is 0 Å². The molecule has 0 fully saturated rings. The molecule has 0 unspecified atom stereocenters. The molecule has 1 N–H and O–H groups in total. The first-order valence-electron chi connectivity index (χ1n) is 9.94. The number of aromatic nitrogens is 4. The summed E-state index contributed by atoms with van der Waals surface area (Å²) in [5.74, 6) is 0.446. The third-order valence-corrected chi connectivity index (χ3v) is 5.44. The number of nitrogens with one attached hydrogen (secondary N) is 1. The SMILES string of the molecule is CC[C@H](C)NC(=O)CN1C(c2ccccc2)=C[C@H](c2ccc(Cl)cc2)n2nnnc21. The van der Waals surface area contributed by atoms with Crippen LogP contribution in [0.1, 0.15) is 37.4 Å². The topological polar surface area (TPSA) is 75.9 Å². The number of hydrogen-bond acceptors (Lipinski definition) is 5. The number of halogens is 1. The lowest BCUT2D eigenvalue weighted by Gasteiger charge is -2.32. The number of carbonyl (C=O) groups is 1. The molecule has 1 aromatic heterocycles. The van der Waals surface area contributed by atoms with E-state index in [0.717, 1.165) is 23.2 Å². The van der Waals surface area contributed by atoms with Gasteiger partial charge in [-0.1, -0.05) is 66.1 Å². The zero-order valence-electron chi connectivity index (χ0n) is 16.9. The van der Waals surface area contributed by atoms with Crippen LogP contribution >= 0.6 is 11.6 Å². The molecule has 0 spiro atoms. The fourth-order valence-corrected chi connectivity index (χ4v) is 3.57. The van der Waals surface area contributed by atoms with E-state index in [1.54, 1.807) is 4.68 Å². The van der Waals surface area contributed by atoms with Gasteiger partial charge in [0.25, 0.3) is 5.95 Å². The van der Waals surface area contributed by atoms with Crippen LogP contribution < -0.4 is 10.2 Å². The zero-order chi connectivity index (χ0) is 21.1. The Morgan fingerprint density at radius 2 is 1.90 bits per heavy atom. The number of amides is 1. The summed E-state index contributed by atoms with van der Waals surface area (Å²) in [5, 5.41) is 16.0. The van der Waals surface area contributed by atoms with E-state index in [1.165, 1.54) is 0 Å². The van der Waals surface area contributed by atoms with Gasteiger partial charge >= 0.3 is 0 Å². The minimum Gasteiger partial charge on any atom is -0.352 e. The summed E-state index contributed by atoms with van der Waals surface area (Å²) in [6.45, 7) is 4.15. The summed E-state index contributed by atoms with van der Waals surface area (Å²) in [6.07, 6.45) is 2.95. The number of rotatable bonds is 6. The van der Waals surface area contributed by atoms with Crippen molar-refractivity contribution >= 4 is 29.2 Å². The quantitative estimate of drug-likeness (QED) is 0.655. The Bertz CT molecular complexity index is 1050. The second-order valence-corrected chi connectivity index (χ2v) is 7.74. The molecule has 2 aromatic carbocycles. The maximum Gasteiger partial charge on any atom is 0.251 e. The van der Waals surface area contributed by atoms with Crippen LogP contribution in [0, 0.1) is 0 Å². The lowest BCUT2D eigenvalue weighted by molar-refractivity contribution is -0.120. The number of anilines is 1. The largest absolute Gasteiger partial charge is 0.352 e. The summed E-state index contributed by atoms with van der Waals surface area (Å²) in [5.41, 5.74) is 2.88. The fourth-order valence-electron chi connectivity index (χ4n) is 3.44. The van der Waals surface area contributed by atoms with Gasteiger partial charge in [0.2, 0.25) is 5.91 Å². The predicted molar refractivity (Wildman–Crippen MR) is 117 cm³/mol. The molecule has 30 heavy (non-hydrogen) atoms. The maximum atomic E-state index is 12.7. The van der Waals surface area contributed by atoms with Crippen molar-refractivity contribution in [2.45, 2.75) is 32.4 Å². The van der Waals surface area contributed by atoms with Crippen molar-refractivity contribution in [1.29, 1.82) is 0 Å². The Morgan fingerprint density at radius 3 is 2.60 bits per heavy atom. The van der Waals surface area contributed by atoms with Crippen LogP contribution in [0.4, 0.5) is 5.95 Å². The summed E-state index contributed by atoms with van der Waals surface area (Å²) in [4.78, 5) is 14.6. The third kappa shape index (κ3) is 4.07. The molecule has 4 rings (SSSR count). The van der Waals surface area contributed by atoms with Crippen LogP contribution in [0.3, 0.4) is 0 Å². The second-order valence-electron chi connectivity index (χ2n) is 7.30. The highest BCUT2D eigenvalue weighted by Crippen LogP contribution is 2.36. The Morgan fingerprint density at radius 1 is 1.17 bits per heavy atom. The Kier molecular flexibility index (Phi) is 5.81. The molecule has 2 heterocycles. The molecular formula is C22H23ClN6O. The molecule has 3 aromatic rings. The standard InChI is InChI=1S/C22H23ClN6O/c1-3-15(2)24-21(30)14-28-19(16-7-5-4-6-8-16)13-20(29-22(28)25-26-27-29)17-9-11-18(23)12-10-17/h4-13,15,20H,3,14H2,1-2H3,(H,24,30)/t15-,20+/m0/s1. The molecule has 154 valence electrons. The van der Waals surface area contributed by atoms with E-state index in [4.69, 9.17) is 11.6 Å². The highest BCUT2D eigenvalue weighted by molar-refractivity contribution is 6.30. The zero-order valence-corrected chi connectivity index (χ0v) is 17.6. The first-order chi connectivity index (χ1) is 14.6. The maximum absolute atomic E-state index is 12.7. The Balaban J connectivity index is 1.76. The van der Waals surface area contributed by atoms with Crippen LogP contribution in [-0.4, -0.2) is 38.7 Å². The van der Waals surface area contributed by atoms with E-state index in [9.17, 15) is 4.79 Å². The van der Waals surface area contributed by atoms with Crippen LogP contribution in [-0.2, 0) is 4.79 Å². The minimum atomic E-state index is -0.212. The second kappa shape index (κ2) is 8.67. The van der Waals surface area contributed by atoms with Gasteiger partial charge in [-0.15, -0.1) is 0 Å². The van der Waals surface area contributed by atoms with Crippen LogP contribution in [0.15, 0.2) is 60.7 Å². The molecule has 0 radical (unpaired) electrons. The molecule has 0 aliphatic carbocycles. The van der Waals surface area contributed by atoms with Gasteiger partial charge < -0.3 is 5.32 Å². The van der Waals surface area contributed by atoms with Crippen molar-refractivity contribution < 1.29 is 4.79 Å². The molecule has 1 aliphatic rings. The minimum absolute atomic E-state index is 0.0781. The van der Waals surface area contributed by atoms with E-state index in [2.05, 4.69) is 26.9 Å². The molecule has 1 aliphatic heterocycles. The fraction of sp³-hybridized carbons (Fsp3) is 0.273. The lowest BCUT2D eigenvalue weighted by Crippen LogP contribution is -2.42. The van der Waals surface area contributed by atoms with Gasteiger partial charge in [-0.3, -0.25) is 9.69 Å². The summed E-state index contributed by atoms with van der Waals surface area (Å²) in [6, 6.07) is 17.5. The van der Waals surface area contributed by atoms with Gasteiger partial charge in [-0.2, -0.15) is 4.68 Å². The van der Waals surface area contributed by atoms with E-state index < -0.39 is 0 Å². The van der Waals surface area contributed by atoms with Gasteiger partial charge in [0.15, 0.2) is 0 Å².